The topological polar surface area (TPSA) is 75.7 Å². The van der Waals surface area contributed by atoms with Gasteiger partial charge >= 0.3 is 0 Å². The largest absolute Gasteiger partial charge is 0.495 e. The molecule has 0 saturated carbocycles. The third kappa shape index (κ3) is 4.17. The van der Waals surface area contributed by atoms with Gasteiger partial charge in [0.15, 0.2) is 0 Å². The average Bonchev–Trinajstić information content (AvgIpc) is 3.19. The molecule has 0 aromatic heterocycles. The van der Waals surface area contributed by atoms with E-state index in [9.17, 15) is 13.2 Å². The molecule has 2 aromatic carbocycles. The van der Waals surface area contributed by atoms with Crippen molar-refractivity contribution in [3.63, 3.8) is 0 Å². The van der Waals surface area contributed by atoms with E-state index in [4.69, 9.17) is 4.74 Å². The van der Waals surface area contributed by atoms with Gasteiger partial charge in [-0.05, 0) is 61.7 Å². The maximum Gasteiger partial charge on any atom is 0.255 e. The molecule has 0 bridgehead atoms. The van der Waals surface area contributed by atoms with Crippen LogP contribution < -0.4 is 10.1 Å². The standard InChI is InChI=1S/C19H21BrN2O4S/c1-13-11-15(20)6-7-16(13)21-19(23)14-5-8-17(26-2)18(12-14)27(24,25)22-9-3-4-10-22/h5-8,11-12H,3-4,9-10H2,1-2H3,(H,21,23). The summed E-state index contributed by atoms with van der Waals surface area (Å²) >= 11 is 3.39. The van der Waals surface area contributed by atoms with Crippen LogP contribution in [0.5, 0.6) is 5.75 Å². The quantitative estimate of drug-likeness (QED) is 0.748. The maximum atomic E-state index is 12.9. The Morgan fingerprint density at radius 3 is 2.48 bits per heavy atom. The van der Waals surface area contributed by atoms with Crippen LogP contribution in [0.4, 0.5) is 5.69 Å². The number of hydrogen-bond donors (Lipinski definition) is 1. The first-order chi connectivity index (χ1) is 12.8. The zero-order valence-electron chi connectivity index (χ0n) is 15.2. The van der Waals surface area contributed by atoms with E-state index < -0.39 is 10.0 Å². The molecule has 1 fully saturated rings. The zero-order valence-corrected chi connectivity index (χ0v) is 17.6. The molecule has 1 N–H and O–H groups in total. The molecule has 0 aliphatic carbocycles. The molecule has 0 atom stereocenters. The van der Waals surface area contributed by atoms with E-state index in [1.54, 1.807) is 12.1 Å². The predicted octanol–water partition coefficient (Wildman–Crippen LogP) is 3.80. The van der Waals surface area contributed by atoms with Gasteiger partial charge in [-0.15, -0.1) is 0 Å². The molecule has 3 rings (SSSR count). The molecule has 1 heterocycles. The van der Waals surface area contributed by atoms with Gasteiger partial charge in [0.05, 0.1) is 7.11 Å². The lowest BCUT2D eigenvalue weighted by Crippen LogP contribution is -2.28. The van der Waals surface area contributed by atoms with Gasteiger partial charge in [-0.25, -0.2) is 8.42 Å². The van der Waals surface area contributed by atoms with Crippen LogP contribution in [-0.2, 0) is 10.0 Å². The van der Waals surface area contributed by atoms with E-state index in [0.29, 0.717) is 18.8 Å². The molecule has 1 saturated heterocycles. The van der Waals surface area contributed by atoms with Crippen LogP contribution in [0.1, 0.15) is 28.8 Å². The second kappa shape index (κ2) is 8.00. The lowest BCUT2D eigenvalue weighted by molar-refractivity contribution is 0.102. The Bertz CT molecular complexity index is 970. The fourth-order valence-electron chi connectivity index (χ4n) is 3.05. The van der Waals surface area contributed by atoms with Gasteiger partial charge in [0.25, 0.3) is 5.91 Å². The average molecular weight is 453 g/mol. The van der Waals surface area contributed by atoms with E-state index >= 15 is 0 Å². The van der Waals surface area contributed by atoms with Crippen molar-refractivity contribution in [1.29, 1.82) is 0 Å². The molecule has 144 valence electrons. The molecule has 1 amide bonds. The van der Waals surface area contributed by atoms with Gasteiger partial charge in [-0.2, -0.15) is 4.31 Å². The minimum atomic E-state index is -3.70. The fourth-order valence-corrected chi connectivity index (χ4v) is 5.22. The third-order valence-electron chi connectivity index (χ3n) is 4.55. The highest BCUT2D eigenvalue weighted by Crippen LogP contribution is 2.30. The van der Waals surface area contributed by atoms with E-state index in [0.717, 1.165) is 22.9 Å². The van der Waals surface area contributed by atoms with Gasteiger partial charge in [-0.3, -0.25) is 4.79 Å². The number of aryl methyl sites for hydroxylation is 1. The van der Waals surface area contributed by atoms with Crippen LogP contribution in [0, 0.1) is 6.92 Å². The Morgan fingerprint density at radius 2 is 1.85 bits per heavy atom. The van der Waals surface area contributed by atoms with Crippen LogP contribution >= 0.6 is 15.9 Å². The van der Waals surface area contributed by atoms with Gasteiger partial charge in [0.1, 0.15) is 10.6 Å². The normalized spacial score (nSPS) is 14.9. The summed E-state index contributed by atoms with van der Waals surface area (Å²) in [5.74, 6) is -0.140. The summed E-state index contributed by atoms with van der Waals surface area (Å²) in [5, 5.41) is 2.83. The lowest BCUT2D eigenvalue weighted by atomic mass is 10.1. The zero-order chi connectivity index (χ0) is 19.6. The van der Waals surface area contributed by atoms with Crippen molar-refractivity contribution in [3.8, 4) is 5.75 Å². The van der Waals surface area contributed by atoms with E-state index in [2.05, 4.69) is 21.2 Å². The molecule has 1 aliphatic rings. The highest BCUT2D eigenvalue weighted by molar-refractivity contribution is 9.10. The monoisotopic (exact) mass is 452 g/mol. The highest BCUT2D eigenvalue weighted by Gasteiger charge is 2.30. The molecule has 0 unspecified atom stereocenters. The van der Waals surface area contributed by atoms with Crippen molar-refractivity contribution in [1.82, 2.24) is 4.31 Å². The van der Waals surface area contributed by atoms with Crippen molar-refractivity contribution < 1.29 is 17.9 Å². The smallest absolute Gasteiger partial charge is 0.255 e. The first-order valence-corrected chi connectivity index (χ1v) is 10.8. The number of rotatable bonds is 5. The summed E-state index contributed by atoms with van der Waals surface area (Å²) in [6.07, 6.45) is 1.68. The number of sulfonamides is 1. The number of anilines is 1. The Hall–Kier alpha value is -1.90. The summed E-state index contributed by atoms with van der Waals surface area (Å²) in [6.45, 7) is 2.86. The van der Waals surface area contributed by atoms with Crippen LogP contribution in [0.2, 0.25) is 0 Å². The third-order valence-corrected chi connectivity index (χ3v) is 6.96. The number of carbonyl (C=O) groups excluding carboxylic acids is 1. The molecular weight excluding hydrogens is 432 g/mol. The Kier molecular flexibility index (Phi) is 5.88. The molecule has 0 radical (unpaired) electrons. The van der Waals surface area contributed by atoms with Crippen LogP contribution in [0.3, 0.4) is 0 Å². The first kappa shape index (κ1) is 19.9. The number of hydrogen-bond acceptors (Lipinski definition) is 4. The maximum absolute atomic E-state index is 12.9. The number of nitrogens with one attached hydrogen (secondary N) is 1. The van der Waals surface area contributed by atoms with E-state index in [-0.39, 0.29) is 22.1 Å². The Morgan fingerprint density at radius 1 is 1.15 bits per heavy atom. The number of amides is 1. The van der Waals surface area contributed by atoms with E-state index in [1.165, 1.54) is 23.5 Å². The summed E-state index contributed by atoms with van der Waals surface area (Å²) in [7, 11) is -2.28. The molecule has 1 aliphatic heterocycles. The fraction of sp³-hybridized carbons (Fsp3) is 0.316. The number of nitrogens with zero attached hydrogens (tertiary/aromatic N) is 1. The first-order valence-electron chi connectivity index (χ1n) is 8.58. The number of ether oxygens (including phenoxy) is 1. The van der Waals surface area contributed by atoms with Crippen molar-refractivity contribution in [2.75, 3.05) is 25.5 Å². The summed E-state index contributed by atoms with van der Waals surface area (Å²) in [4.78, 5) is 12.7. The van der Waals surface area contributed by atoms with Crippen molar-refractivity contribution in [2.45, 2.75) is 24.7 Å². The number of benzene rings is 2. The minimum Gasteiger partial charge on any atom is -0.495 e. The molecule has 27 heavy (non-hydrogen) atoms. The summed E-state index contributed by atoms with van der Waals surface area (Å²) < 4.78 is 33.5. The van der Waals surface area contributed by atoms with Crippen LogP contribution in [0.15, 0.2) is 45.8 Å². The van der Waals surface area contributed by atoms with E-state index in [1.807, 2.05) is 19.1 Å². The second-order valence-corrected chi connectivity index (χ2v) is 9.21. The molecule has 2 aromatic rings. The van der Waals surface area contributed by atoms with Crippen LogP contribution in [0.25, 0.3) is 0 Å². The van der Waals surface area contributed by atoms with Gasteiger partial charge in [0, 0.05) is 28.8 Å². The second-order valence-electron chi connectivity index (χ2n) is 6.39. The number of carbonyl (C=O) groups is 1. The van der Waals surface area contributed by atoms with Crippen molar-refractivity contribution >= 4 is 37.5 Å². The summed E-state index contributed by atoms with van der Waals surface area (Å²) in [6, 6.07) is 9.99. The Balaban J connectivity index is 1.93. The minimum absolute atomic E-state index is 0.0204. The van der Waals surface area contributed by atoms with Crippen molar-refractivity contribution in [2.24, 2.45) is 0 Å². The van der Waals surface area contributed by atoms with Crippen molar-refractivity contribution in [3.05, 3.63) is 52.0 Å². The number of methoxy groups -OCH3 is 1. The molecule has 8 heteroatoms. The highest BCUT2D eigenvalue weighted by atomic mass is 79.9. The van der Waals surface area contributed by atoms with Gasteiger partial charge in [0.2, 0.25) is 10.0 Å². The number of halogens is 1. The molecular formula is C19H21BrN2O4S. The Labute approximate surface area is 167 Å². The predicted molar refractivity (Wildman–Crippen MR) is 108 cm³/mol. The summed E-state index contributed by atoms with van der Waals surface area (Å²) in [5.41, 5.74) is 1.83. The lowest BCUT2D eigenvalue weighted by Gasteiger charge is -2.18. The molecule has 6 nitrogen and oxygen atoms in total. The van der Waals surface area contributed by atoms with Gasteiger partial charge < -0.3 is 10.1 Å². The SMILES string of the molecule is COc1ccc(C(=O)Nc2ccc(Br)cc2C)cc1S(=O)(=O)N1CCCC1. The molecule has 0 spiro atoms. The van der Waals surface area contributed by atoms with Gasteiger partial charge in [-0.1, -0.05) is 15.9 Å². The van der Waals surface area contributed by atoms with Crippen LogP contribution in [-0.4, -0.2) is 38.8 Å².